The van der Waals surface area contributed by atoms with Gasteiger partial charge in [-0.25, -0.2) is 0 Å². The Morgan fingerprint density at radius 3 is 2.72 bits per heavy atom. The number of hydrogen-bond acceptors (Lipinski definition) is 5. The smallest absolute Gasteiger partial charge is 0.321 e. The third kappa shape index (κ3) is 2.21. The standard InChI is InChI=1S/C23H29ClO5/c1-12-14-5-8-23(19(12)26)16(9-14)22-7-4-6-21(3,29-20(22)27)13(2)15(22)10-17(23)28-18(25)11-24/h13-17H,1,4-11H2,2-3H3. The zero-order chi connectivity index (χ0) is 20.8. The number of allylic oxidation sites excluding steroid dienone is 1. The van der Waals surface area contributed by atoms with E-state index < -0.39 is 28.5 Å². The third-order valence-electron chi connectivity index (χ3n) is 9.50. The fourth-order valence-electron chi connectivity index (χ4n) is 7.97. The largest absolute Gasteiger partial charge is 0.460 e. The topological polar surface area (TPSA) is 69.7 Å². The second-order valence-electron chi connectivity index (χ2n) is 10.3. The summed E-state index contributed by atoms with van der Waals surface area (Å²) in [6, 6.07) is 0. The lowest BCUT2D eigenvalue weighted by atomic mass is 9.37. The van der Waals surface area contributed by atoms with E-state index in [9.17, 15) is 14.4 Å². The van der Waals surface area contributed by atoms with Gasteiger partial charge in [-0.15, -0.1) is 11.6 Å². The molecule has 2 spiro atoms. The predicted molar refractivity (Wildman–Crippen MR) is 106 cm³/mol. The van der Waals surface area contributed by atoms with Gasteiger partial charge in [-0.1, -0.05) is 13.5 Å². The van der Waals surface area contributed by atoms with Crippen molar-refractivity contribution in [3.63, 3.8) is 0 Å². The Kier molecular flexibility index (Phi) is 4.11. The summed E-state index contributed by atoms with van der Waals surface area (Å²) < 4.78 is 12.0. The second kappa shape index (κ2) is 6.09. The molecule has 2 aliphatic heterocycles. The van der Waals surface area contributed by atoms with Crippen LogP contribution in [0.4, 0.5) is 0 Å². The van der Waals surface area contributed by atoms with Crippen LogP contribution in [0.3, 0.4) is 0 Å². The molecule has 6 heteroatoms. The number of halogens is 1. The molecule has 29 heavy (non-hydrogen) atoms. The molecule has 5 saturated carbocycles. The minimum absolute atomic E-state index is 0.00299. The third-order valence-corrected chi connectivity index (χ3v) is 9.72. The summed E-state index contributed by atoms with van der Waals surface area (Å²) in [7, 11) is 0. The van der Waals surface area contributed by atoms with E-state index in [-0.39, 0.29) is 41.3 Å². The van der Waals surface area contributed by atoms with Crippen molar-refractivity contribution in [2.45, 2.75) is 70.5 Å². The number of hydrogen-bond donors (Lipinski definition) is 0. The van der Waals surface area contributed by atoms with E-state index >= 15 is 0 Å². The summed E-state index contributed by atoms with van der Waals surface area (Å²) in [5, 5.41) is 0. The molecule has 7 aliphatic rings. The lowest BCUT2D eigenvalue weighted by Gasteiger charge is -2.66. The van der Waals surface area contributed by atoms with E-state index in [1.165, 1.54) is 0 Å². The molecule has 4 bridgehead atoms. The van der Waals surface area contributed by atoms with E-state index in [0.717, 1.165) is 32.1 Å². The highest BCUT2D eigenvalue weighted by atomic mass is 35.5. The Morgan fingerprint density at radius 2 is 2.00 bits per heavy atom. The SMILES string of the molecule is C=C1C(=O)C23CCC1CC2C12CCCC(C)(OC1=O)C(C)C2CC3OC(=O)CCl. The fourth-order valence-corrected chi connectivity index (χ4v) is 8.03. The molecule has 0 aromatic carbocycles. The van der Waals surface area contributed by atoms with Crippen molar-refractivity contribution in [2.75, 3.05) is 5.88 Å². The van der Waals surface area contributed by atoms with Gasteiger partial charge in [-0.2, -0.15) is 0 Å². The van der Waals surface area contributed by atoms with Crippen LogP contribution in [0.25, 0.3) is 0 Å². The number of rotatable bonds is 2. The molecular formula is C23H29ClO5. The Bertz CT molecular complexity index is 822. The quantitative estimate of drug-likeness (QED) is 0.386. The lowest BCUT2D eigenvalue weighted by Crippen LogP contribution is -2.71. The molecular weight excluding hydrogens is 392 g/mol. The average molecular weight is 421 g/mol. The van der Waals surface area contributed by atoms with Crippen LogP contribution in [-0.2, 0) is 23.9 Å². The van der Waals surface area contributed by atoms with E-state index in [1.807, 2.05) is 6.92 Å². The summed E-state index contributed by atoms with van der Waals surface area (Å²) in [5.41, 5.74) is -1.37. The van der Waals surface area contributed by atoms with Gasteiger partial charge in [0.05, 0.1) is 10.8 Å². The first-order valence-electron chi connectivity index (χ1n) is 10.9. The van der Waals surface area contributed by atoms with Gasteiger partial charge in [0.25, 0.3) is 0 Å². The molecule has 7 fully saturated rings. The van der Waals surface area contributed by atoms with Crippen molar-refractivity contribution in [3.05, 3.63) is 12.2 Å². The van der Waals surface area contributed by atoms with E-state index in [4.69, 9.17) is 21.1 Å². The molecule has 2 saturated heterocycles. The number of esters is 2. The Hall–Kier alpha value is -1.36. The van der Waals surface area contributed by atoms with Crippen LogP contribution >= 0.6 is 11.6 Å². The number of fused-ring (bicyclic) bond motifs is 5. The minimum Gasteiger partial charge on any atom is -0.460 e. The van der Waals surface area contributed by atoms with Crippen LogP contribution in [0.2, 0.25) is 0 Å². The first-order chi connectivity index (χ1) is 13.7. The van der Waals surface area contributed by atoms with Crippen LogP contribution in [0.15, 0.2) is 12.2 Å². The first-order valence-corrected chi connectivity index (χ1v) is 11.5. The zero-order valence-electron chi connectivity index (χ0n) is 17.2. The highest BCUT2D eigenvalue weighted by Crippen LogP contribution is 2.72. The van der Waals surface area contributed by atoms with Gasteiger partial charge in [0, 0.05) is 0 Å². The molecule has 0 aromatic rings. The molecule has 8 unspecified atom stereocenters. The monoisotopic (exact) mass is 420 g/mol. The molecule has 0 N–H and O–H groups in total. The molecule has 7 rings (SSSR count). The van der Waals surface area contributed by atoms with Crippen molar-refractivity contribution in [1.82, 2.24) is 0 Å². The van der Waals surface area contributed by atoms with Gasteiger partial charge in [-0.05, 0) is 81.1 Å². The highest BCUT2D eigenvalue weighted by Gasteiger charge is 2.76. The molecule has 158 valence electrons. The number of carbonyl (C=O) groups is 3. The molecule has 5 aliphatic carbocycles. The lowest BCUT2D eigenvalue weighted by molar-refractivity contribution is -0.249. The highest BCUT2D eigenvalue weighted by molar-refractivity contribution is 6.26. The fraction of sp³-hybridized carbons (Fsp3) is 0.783. The van der Waals surface area contributed by atoms with Crippen molar-refractivity contribution >= 4 is 29.3 Å². The van der Waals surface area contributed by atoms with Gasteiger partial charge in [0.2, 0.25) is 0 Å². The van der Waals surface area contributed by atoms with Crippen molar-refractivity contribution in [2.24, 2.45) is 34.5 Å². The molecule has 8 atom stereocenters. The molecule has 0 radical (unpaired) electrons. The van der Waals surface area contributed by atoms with Gasteiger partial charge < -0.3 is 9.47 Å². The van der Waals surface area contributed by atoms with E-state index in [2.05, 4.69) is 13.5 Å². The summed E-state index contributed by atoms with van der Waals surface area (Å²) in [6.45, 7) is 8.29. The van der Waals surface area contributed by atoms with Crippen molar-refractivity contribution < 1.29 is 23.9 Å². The molecule has 0 amide bonds. The summed E-state index contributed by atoms with van der Waals surface area (Å²) in [4.78, 5) is 39.5. The van der Waals surface area contributed by atoms with Crippen LogP contribution in [-0.4, -0.2) is 35.3 Å². The predicted octanol–water partition coefficient (Wildman–Crippen LogP) is 3.82. The molecule has 5 nitrogen and oxygen atoms in total. The molecule has 2 heterocycles. The van der Waals surface area contributed by atoms with Gasteiger partial charge in [-0.3, -0.25) is 14.4 Å². The minimum atomic E-state index is -0.860. The van der Waals surface area contributed by atoms with Gasteiger partial charge in [0.1, 0.15) is 17.6 Å². The normalized spacial score (nSPS) is 50.4. The maximum Gasteiger partial charge on any atom is 0.321 e. The number of carbonyl (C=O) groups excluding carboxylic acids is 3. The number of Topliss-reactive ketones (excluding diaryl/α,β-unsaturated/α-hetero) is 1. The Balaban J connectivity index is 1.69. The van der Waals surface area contributed by atoms with E-state index in [0.29, 0.717) is 18.4 Å². The summed E-state index contributed by atoms with van der Waals surface area (Å²) in [5.74, 6) is -0.701. The molecule has 0 aromatic heterocycles. The van der Waals surface area contributed by atoms with Gasteiger partial charge >= 0.3 is 11.9 Å². The van der Waals surface area contributed by atoms with Crippen LogP contribution in [0.5, 0.6) is 0 Å². The number of alkyl halides is 1. The Morgan fingerprint density at radius 1 is 1.24 bits per heavy atom. The second-order valence-corrected chi connectivity index (χ2v) is 10.5. The van der Waals surface area contributed by atoms with Gasteiger partial charge in [0.15, 0.2) is 5.78 Å². The maximum atomic E-state index is 13.6. The van der Waals surface area contributed by atoms with Crippen LogP contribution < -0.4 is 0 Å². The maximum absolute atomic E-state index is 13.6. The number of ether oxygens (including phenoxy) is 2. The average Bonchev–Trinajstić information content (AvgIpc) is 2.90. The van der Waals surface area contributed by atoms with Crippen molar-refractivity contribution in [1.29, 1.82) is 0 Å². The summed E-state index contributed by atoms with van der Waals surface area (Å²) >= 11 is 5.76. The van der Waals surface area contributed by atoms with E-state index in [1.54, 1.807) is 0 Å². The first kappa shape index (κ1) is 19.6. The van der Waals surface area contributed by atoms with Crippen molar-refractivity contribution in [3.8, 4) is 0 Å². The Labute approximate surface area is 176 Å². The van der Waals surface area contributed by atoms with Crippen LogP contribution in [0, 0.1) is 34.5 Å². The summed E-state index contributed by atoms with van der Waals surface area (Å²) in [6.07, 6.45) is 4.76. The van der Waals surface area contributed by atoms with Crippen LogP contribution in [0.1, 0.15) is 58.8 Å². The number of ketones is 1. The zero-order valence-corrected chi connectivity index (χ0v) is 17.9.